The number of nitrogen functional groups attached to an aromatic ring is 1. The van der Waals surface area contributed by atoms with Gasteiger partial charge in [-0.15, -0.1) is 12.4 Å². The highest BCUT2D eigenvalue weighted by Gasteiger charge is 2.19. The molecule has 174 valence electrons. The highest BCUT2D eigenvalue weighted by atomic mass is 35.5. The van der Waals surface area contributed by atoms with E-state index < -0.39 is 17.5 Å². The number of ether oxygens (including phenoxy) is 1. The molecule has 1 amide bonds. The van der Waals surface area contributed by atoms with Gasteiger partial charge in [0, 0.05) is 24.4 Å². The molecule has 1 aliphatic heterocycles. The van der Waals surface area contributed by atoms with Crippen molar-refractivity contribution in [2.24, 2.45) is 0 Å². The molecule has 0 unspecified atom stereocenters. The smallest absolute Gasteiger partial charge is 0.278 e. The molecule has 0 atom stereocenters. The van der Waals surface area contributed by atoms with Gasteiger partial charge in [0.05, 0.1) is 23.8 Å². The standard InChI is InChI=1S/C22H22F2N6O2.ClH/c23-16-11-19(32-9-8-30-6-1-2-7-30)17(24)10-15(16)18-13-27-21(25)20(29-18)22(31)28-14-4-3-5-26-12-14;/h3-5,10-13H,1-2,6-9H2,(H2,25,27)(H,28,31);1H. The van der Waals surface area contributed by atoms with Crippen LogP contribution in [0.5, 0.6) is 5.75 Å². The van der Waals surface area contributed by atoms with E-state index in [1.54, 1.807) is 18.3 Å². The van der Waals surface area contributed by atoms with E-state index in [1.165, 1.54) is 12.4 Å². The highest BCUT2D eigenvalue weighted by Crippen LogP contribution is 2.28. The van der Waals surface area contributed by atoms with Gasteiger partial charge in [-0.3, -0.25) is 14.7 Å². The van der Waals surface area contributed by atoms with Gasteiger partial charge in [0.25, 0.3) is 5.91 Å². The summed E-state index contributed by atoms with van der Waals surface area (Å²) in [6.45, 7) is 2.90. The molecule has 1 fully saturated rings. The van der Waals surface area contributed by atoms with E-state index >= 15 is 0 Å². The quantitative estimate of drug-likeness (QED) is 0.537. The van der Waals surface area contributed by atoms with Crippen LogP contribution in [0, 0.1) is 11.6 Å². The first kappa shape index (κ1) is 24.3. The molecule has 1 aromatic carbocycles. The van der Waals surface area contributed by atoms with E-state index in [0.29, 0.717) is 12.2 Å². The van der Waals surface area contributed by atoms with Crippen LogP contribution in [0.2, 0.25) is 0 Å². The molecular formula is C22H23ClF2N6O2. The van der Waals surface area contributed by atoms with Crippen molar-refractivity contribution in [2.45, 2.75) is 12.8 Å². The van der Waals surface area contributed by atoms with Crippen LogP contribution >= 0.6 is 12.4 Å². The van der Waals surface area contributed by atoms with Gasteiger partial charge in [-0.2, -0.15) is 0 Å². The Balaban J connectivity index is 0.00000306. The summed E-state index contributed by atoms with van der Waals surface area (Å²) >= 11 is 0. The van der Waals surface area contributed by atoms with Gasteiger partial charge in [0.15, 0.2) is 23.1 Å². The Hall–Kier alpha value is -3.37. The fourth-order valence-corrected chi connectivity index (χ4v) is 3.45. The first-order valence-electron chi connectivity index (χ1n) is 10.2. The normalized spacial score (nSPS) is 13.4. The van der Waals surface area contributed by atoms with Crippen LogP contribution in [0.4, 0.5) is 20.3 Å². The summed E-state index contributed by atoms with van der Waals surface area (Å²) in [5.41, 5.74) is 5.81. The summed E-state index contributed by atoms with van der Waals surface area (Å²) in [5, 5.41) is 2.58. The zero-order valence-electron chi connectivity index (χ0n) is 17.6. The van der Waals surface area contributed by atoms with E-state index in [-0.39, 0.29) is 47.5 Å². The number of carbonyl (C=O) groups excluding carboxylic acids is 1. The predicted molar refractivity (Wildman–Crippen MR) is 122 cm³/mol. The molecule has 3 heterocycles. The minimum absolute atomic E-state index is 0. The number of halogens is 3. The minimum atomic E-state index is -0.750. The molecule has 1 saturated heterocycles. The van der Waals surface area contributed by atoms with Gasteiger partial charge in [0.1, 0.15) is 12.4 Å². The first-order chi connectivity index (χ1) is 15.5. The number of aromatic nitrogens is 3. The molecule has 0 radical (unpaired) electrons. The molecule has 2 aromatic heterocycles. The van der Waals surface area contributed by atoms with E-state index in [4.69, 9.17) is 10.5 Å². The third-order valence-electron chi connectivity index (χ3n) is 5.10. The van der Waals surface area contributed by atoms with Crippen molar-refractivity contribution in [3.63, 3.8) is 0 Å². The zero-order chi connectivity index (χ0) is 22.5. The Morgan fingerprint density at radius 2 is 1.97 bits per heavy atom. The average molecular weight is 477 g/mol. The summed E-state index contributed by atoms with van der Waals surface area (Å²) < 4.78 is 34.8. The third kappa shape index (κ3) is 5.91. The lowest BCUT2D eigenvalue weighted by Gasteiger charge is -2.15. The van der Waals surface area contributed by atoms with E-state index in [9.17, 15) is 13.6 Å². The van der Waals surface area contributed by atoms with Crippen LogP contribution < -0.4 is 15.8 Å². The number of anilines is 2. The lowest BCUT2D eigenvalue weighted by Crippen LogP contribution is -2.25. The van der Waals surface area contributed by atoms with Crippen LogP contribution in [-0.2, 0) is 0 Å². The maximum atomic E-state index is 14.8. The lowest BCUT2D eigenvalue weighted by molar-refractivity contribution is 0.102. The maximum absolute atomic E-state index is 14.8. The van der Waals surface area contributed by atoms with Crippen LogP contribution in [0.3, 0.4) is 0 Å². The van der Waals surface area contributed by atoms with Crippen molar-refractivity contribution in [1.29, 1.82) is 0 Å². The number of hydrogen-bond acceptors (Lipinski definition) is 7. The van der Waals surface area contributed by atoms with Crippen molar-refractivity contribution in [3.05, 3.63) is 60.2 Å². The second-order valence-electron chi connectivity index (χ2n) is 7.34. The Kier molecular flexibility index (Phi) is 8.07. The number of carbonyl (C=O) groups is 1. The van der Waals surface area contributed by atoms with Gasteiger partial charge >= 0.3 is 0 Å². The van der Waals surface area contributed by atoms with Gasteiger partial charge in [0.2, 0.25) is 0 Å². The lowest BCUT2D eigenvalue weighted by atomic mass is 10.1. The van der Waals surface area contributed by atoms with E-state index in [2.05, 4.69) is 25.2 Å². The number of nitrogens with zero attached hydrogens (tertiary/aromatic N) is 4. The Morgan fingerprint density at radius 3 is 2.70 bits per heavy atom. The number of pyridine rings is 1. The summed E-state index contributed by atoms with van der Waals surface area (Å²) in [6.07, 6.45) is 6.47. The Bertz CT molecular complexity index is 1110. The van der Waals surface area contributed by atoms with Crippen molar-refractivity contribution >= 4 is 29.8 Å². The molecule has 0 spiro atoms. The molecule has 0 saturated carbocycles. The Morgan fingerprint density at radius 1 is 1.18 bits per heavy atom. The van der Waals surface area contributed by atoms with Gasteiger partial charge in [-0.1, -0.05) is 0 Å². The predicted octanol–water partition coefficient (Wildman–Crippen LogP) is 3.55. The first-order valence-corrected chi connectivity index (χ1v) is 10.2. The average Bonchev–Trinajstić information content (AvgIpc) is 3.30. The summed E-state index contributed by atoms with van der Waals surface area (Å²) in [4.78, 5) is 26.7. The zero-order valence-corrected chi connectivity index (χ0v) is 18.4. The molecule has 3 aromatic rings. The number of likely N-dealkylation sites (tertiary alicyclic amines) is 1. The number of amides is 1. The molecule has 0 bridgehead atoms. The second kappa shape index (κ2) is 11.0. The fourth-order valence-electron chi connectivity index (χ4n) is 3.45. The minimum Gasteiger partial charge on any atom is -0.489 e. The second-order valence-corrected chi connectivity index (χ2v) is 7.34. The number of nitrogens with two attached hydrogens (primary N) is 1. The van der Waals surface area contributed by atoms with Crippen molar-refractivity contribution < 1.29 is 18.3 Å². The molecule has 3 N–H and O–H groups in total. The topological polar surface area (TPSA) is 106 Å². The summed E-state index contributed by atoms with van der Waals surface area (Å²) in [6, 6.07) is 5.23. The largest absolute Gasteiger partial charge is 0.489 e. The monoisotopic (exact) mass is 476 g/mol. The maximum Gasteiger partial charge on any atom is 0.278 e. The van der Waals surface area contributed by atoms with Gasteiger partial charge in [-0.05, 0) is 44.1 Å². The third-order valence-corrected chi connectivity index (χ3v) is 5.10. The van der Waals surface area contributed by atoms with Gasteiger partial charge < -0.3 is 15.8 Å². The highest BCUT2D eigenvalue weighted by molar-refractivity contribution is 6.05. The number of nitrogens with one attached hydrogen (secondary N) is 1. The van der Waals surface area contributed by atoms with Crippen LogP contribution in [0.25, 0.3) is 11.3 Å². The van der Waals surface area contributed by atoms with Gasteiger partial charge in [-0.25, -0.2) is 18.7 Å². The van der Waals surface area contributed by atoms with E-state index in [1.807, 2.05) is 0 Å². The van der Waals surface area contributed by atoms with Crippen LogP contribution in [0.15, 0.2) is 42.9 Å². The molecule has 1 aliphatic rings. The summed E-state index contributed by atoms with van der Waals surface area (Å²) in [7, 11) is 0. The van der Waals surface area contributed by atoms with Crippen molar-refractivity contribution in [2.75, 3.05) is 37.3 Å². The van der Waals surface area contributed by atoms with Crippen LogP contribution in [0.1, 0.15) is 23.3 Å². The molecule has 4 rings (SSSR count). The van der Waals surface area contributed by atoms with Crippen molar-refractivity contribution in [1.82, 2.24) is 19.9 Å². The molecular weight excluding hydrogens is 454 g/mol. The van der Waals surface area contributed by atoms with Crippen molar-refractivity contribution in [3.8, 4) is 17.0 Å². The molecule has 11 heteroatoms. The SMILES string of the molecule is Cl.Nc1ncc(-c2cc(F)c(OCCN3CCCC3)cc2F)nc1C(=O)Nc1cccnc1. The number of hydrogen-bond donors (Lipinski definition) is 2. The van der Waals surface area contributed by atoms with E-state index in [0.717, 1.165) is 38.1 Å². The summed E-state index contributed by atoms with van der Waals surface area (Å²) in [5.74, 6) is -2.45. The molecule has 33 heavy (non-hydrogen) atoms. The number of rotatable bonds is 7. The van der Waals surface area contributed by atoms with Crippen LogP contribution in [-0.4, -0.2) is 52.0 Å². The Labute approximate surface area is 195 Å². The molecule has 8 nitrogen and oxygen atoms in total. The fraction of sp³-hybridized carbons (Fsp3) is 0.273. The molecule has 0 aliphatic carbocycles. The number of benzene rings is 1.